The summed E-state index contributed by atoms with van der Waals surface area (Å²) in [6, 6.07) is 2.48. The van der Waals surface area contributed by atoms with E-state index in [1.807, 2.05) is 0 Å². The number of nitrogens with one attached hydrogen (secondary N) is 1. The Morgan fingerprint density at radius 2 is 2.25 bits per heavy atom. The average molecular weight is 281 g/mol. The molecule has 0 spiro atoms. The summed E-state index contributed by atoms with van der Waals surface area (Å²) in [5.74, 6) is 0.689. The summed E-state index contributed by atoms with van der Waals surface area (Å²) in [5.41, 5.74) is -0.323. The molecule has 0 saturated carbocycles. The van der Waals surface area contributed by atoms with Gasteiger partial charge >= 0.3 is 0 Å². The van der Waals surface area contributed by atoms with Crippen LogP contribution in [0.15, 0.2) is 0 Å². The quantitative estimate of drug-likeness (QED) is 0.705. The lowest BCUT2D eigenvalue weighted by atomic mass is 9.91. The number of hydrogen-bond donors (Lipinski definition) is 1. The maximum atomic E-state index is 9.41. The second kappa shape index (κ2) is 9.33. The van der Waals surface area contributed by atoms with Crippen molar-refractivity contribution in [3.63, 3.8) is 0 Å². The van der Waals surface area contributed by atoms with Crippen molar-refractivity contribution in [2.24, 2.45) is 5.92 Å². The van der Waals surface area contributed by atoms with Crippen LogP contribution in [0.4, 0.5) is 0 Å². The summed E-state index contributed by atoms with van der Waals surface area (Å²) in [7, 11) is 1.79. The third-order valence-corrected chi connectivity index (χ3v) is 4.42. The van der Waals surface area contributed by atoms with Crippen LogP contribution in [-0.4, -0.2) is 50.3 Å². The number of ether oxygens (including phenoxy) is 1. The molecule has 0 aliphatic carbocycles. The molecule has 116 valence electrons. The minimum absolute atomic E-state index is 0.323. The van der Waals surface area contributed by atoms with Crippen molar-refractivity contribution in [1.82, 2.24) is 10.2 Å². The minimum Gasteiger partial charge on any atom is -0.384 e. The molecule has 0 bridgehead atoms. The lowest BCUT2D eigenvalue weighted by Crippen LogP contribution is -2.44. The van der Waals surface area contributed by atoms with Gasteiger partial charge in [-0.25, -0.2) is 0 Å². The minimum atomic E-state index is -0.323. The molecule has 0 aromatic heterocycles. The largest absolute Gasteiger partial charge is 0.384 e. The third-order valence-electron chi connectivity index (χ3n) is 4.42. The topological polar surface area (TPSA) is 48.3 Å². The van der Waals surface area contributed by atoms with Crippen molar-refractivity contribution in [1.29, 1.82) is 5.26 Å². The van der Waals surface area contributed by atoms with Gasteiger partial charge in [-0.15, -0.1) is 0 Å². The monoisotopic (exact) mass is 281 g/mol. The van der Waals surface area contributed by atoms with E-state index < -0.39 is 0 Å². The summed E-state index contributed by atoms with van der Waals surface area (Å²) in [4.78, 5) is 2.54. The van der Waals surface area contributed by atoms with Gasteiger partial charge in [0.05, 0.1) is 12.7 Å². The number of hydrogen-bond acceptors (Lipinski definition) is 4. The van der Waals surface area contributed by atoms with Gasteiger partial charge in [0.1, 0.15) is 5.54 Å². The van der Waals surface area contributed by atoms with Crippen LogP contribution in [0.3, 0.4) is 0 Å². The fraction of sp³-hybridized carbons (Fsp3) is 0.938. The van der Waals surface area contributed by atoms with Crippen molar-refractivity contribution >= 4 is 0 Å². The van der Waals surface area contributed by atoms with Gasteiger partial charge in [0.2, 0.25) is 0 Å². The molecular weight excluding hydrogens is 250 g/mol. The number of rotatable bonds is 9. The lowest BCUT2D eigenvalue weighted by Gasteiger charge is -2.33. The molecule has 0 amide bonds. The molecule has 1 fully saturated rings. The van der Waals surface area contributed by atoms with Gasteiger partial charge in [-0.2, -0.15) is 5.26 Å². The summed E-state index contributed by atoms with van der Waals surface area (Å²) in [6.07, 6.45) is 5.48. The zero-order chi connectivity index (χ0) is 14.8. The van der Waals surface area contributed by atoms with Crippen LogP contribution in [0.5, 0.6) is 0 Å². The molecule has 1 N–H and O–H groups in total. The van der Waals surface area contributed by atoms with Gasteiger partial charge in [-0.3, -0.25) is 5.32 Å². The normalized spacial score (nSPS) is 23.2. The Balaban J connectivity index is 2.33. The van der Waals surface area contributed by atoms with E-state index in [1.165, 1.54) is 19.4 Å². The molecule has 2 atom stereocenters. The van der Waals surface area contributed by atoms with Gasteiger partial charge in [0, 0.05) is 13.7 Å². The maximum Gasteiger partial charge on any atom is 0.106 e. The number of piperidine rings is 1. The maximum absolute atomic E-state index is 9.41. The number of likely N-dealkylation sites (tertiary alicyclic amines) is 1. The molecule has 1 aliphatic rings. The summed E-state index contributed by atoms with van der Waals surface area (Å²) < 4.78 is 5.28. The molecule has 1 rings (SSSR count). The van der Waals surface area contributed by atoms with Crippen molar-refractivity contribution in [3.8, 4) is 6.07 Å². The fourth-order valence-electron chi connectivity index (χ4n) is 3.23. The highest BCUT2D eigenvalue weighted by atomic mass is 16.5. The van der Waals surface area contributed by atoms with E-state index in [1.54, 1.807) is 7.11 Å². The molecule has 1 heterocycles. The molecule has 4 nitrogen and oxygen atoms in total. The molecule has 1 saturated heterocycles. The predicted octanol–water partition coefficient (Wildman–Crippen LogP) is 2.41. The van der Waals surface area contributed by atoms with Crippen molar-refractivity contribution in [3.05, 3.63) is 0 Å². The fourth-order valence-corrected chi connectivity index (χ4v) is 3.23. The average Bonchev–Trinajstić information content (AvgIpc) is 2.47. The summed E-state index contributed by atoms with van der Waals surface area (Å²) in [5, 5.41) is 12.8. The van der Waals surface area contributed by atoms with E-state index in [0.29, 0.717) is 5.92 Å². The van der Waals surface area contributed by atoms with E-state index in [-0.39, 0.29) is 5.54 Å². The zero-order valence-electron chi connectivity index (χ0n) is 13.5. The van der Waals surface area contributed by atoms with Gasteiger partial charge in [0.25, 0.3) is 0 Å². The van der Waals surface area contributed by atoms with Crippen LogP contribution in [0, 0.1) is 17.2 Å². The second-order valence-corrected chi connectivity index (χ2v) is 5.95. The highest BCUT2D eigenvalue weighted by Gasteiger charge is 2.27. The first kappa shape index (κ1) is 17.4. The Morgan fingerprint density at radius 1 is 1.45 bits per heavy atom. The second-order valence-electron chi connectivity index (χ2n) is 5.95. The van der Waals surface area contributed by atoms with Gasteiger partial charge in [0.15, 0.2) is 0 Å². The van der Waals surface area contributed by atoms with Crippen LogP contribution >= 0.6 is 0 Å². The molecule has 0 aromatic rings. The lowest BCUT2D eigenvalue weighted by molar-refractivity contribution is 0.0889. The first-order valence-corrected chi connectivity index (χ1v) is 8.07. The molecule has 0 aromatic carbocycles. The SMILES string of the molecule is CCNC(C#N)(CC)CCCN1CCCC(COC)C1. The summed E-state index contributed by atoms with van der Waals surface area (Å²) in [6.45, 7) is 9.37. The van der Waals surface area contributed by atoms with Crippen LogP contribution < -0.4 is 5.32 Å². The number of methoxy groups -OCH3 is 1. The molecule has 4 heteroatoms. The van der Waals surface area contributed by atoms with Crippen LogP contribution in [-0.2, 0) is 4.74 Å². The molecule has 2 unspecified atom stereocenters. The van der Waals surface area contributed by atoms with Crippen LogP contribution in [0.1, 0.15) is 46.0 Å². The van der Waals surface area contributed by atoms with Crippen LogP contribution in [0.2, 0.25) is 0 Å². The Hall–Kier alpha value is -0.630. The summed E-state index contributed by atoms with van der Waals surface area (Å²) >= 11 is 0. The van der Waals surface area contributed by atoms with E-state index in [0.717, 1.165) is 45.5 Å². The van der Waals surface area contributed by atoms with Crippen molar-refractivity contribution in [2.45, 2.75) is 51.5 Å². The van der Waals surface area contributed by atoms with E-state index in [4.69, 9.17) is 4.74 Å². The van der Waals surface area contributed by atoms with Crippen molar-refractivity contribution < 1.29 is 4.74 Å². The first-order valence-electron chi connectivity index (χ1n) is 8.07. The van der Waals surface area contributed by atoms with Gasteiger partial charge in [-0.1, -0.05) is 13.8 Å². The van der Waals surface area contributed by atoms with E-state index >= 15 is 0 Å². The highest BCUT2D eigenvalue weighted by molar-refractivity contribution is 5.06. The van der Waals surface area contributed by atoms with E-state index in [9.17, 15) is 5.26 Å². The van der Waals surface area contributed by atoms with E-state index in [2.05, 4.69) is 30.1 Å². The van der Waals surface area contributed by atoms with Gasteiger partial charge < -0.3 is 9.64 Å². The predicted molar refractivity (Wildman–Crippen MR) is 82.6 cm³/mol. The molecule has 1 aliphatic heterocycles. The highest BCUT2D eigenvalue weighted by Crippen LogP contribution is 2.20. The Labute approximate surface area is 124 Å². The van der Waals surface area contributed by atoms with Crippen molar-refractivity contribution in [2.75, 3.05) is 39.9 Å². The third kappa shape index (κ3) is 5.40. The first-order chi connectivity index (χ1) is 9.69. The number of nitrogens with zero attached hydrogens (tertiary/aromatic N) is 2. The zero-order valence-corrected chi connectivity index (χ0v) is 13.5. The van der Waals surface area contributed by atoms with Gasteiger partial charge in [-0.05, 0) is 57.7 Å². The standard InChI is InChI=1S/C16H31N3O/c1-4-16(14-17,18-5-2)9-7-11-19-10-6-8-15(12-19)13-20-3/h15,18H,4-13H2,1-3H3. The molecule has 0 radical (unpaired) electrons. The number of nitriles is 1. The Morgan fingerprint density at radius 3 is 2.85 bits per heavy atom. The van der Waals surface area contributed by atoms with Crippen LogP contribution in [0.25, 0.3) is 0 Å². The molecular formula is C16H31N3O. The Kier molecular flexibility index (Phi) is 8.13. The smallest absolute Gasteiger partial charge is 0.106 e. The Bertz CT molecular complexity index is 301. The molecule has 20 heavy (non-hydrogen) atoms.